The summed E-state index contributed by atoms with van der Waals surface area (Å²) < 4.78 is 41.2. The van der Waals surface area contributed by atoms with E-state index in [2.05, 4.69) is 4.98 Å². The Labute approximate surface area is 120 Å². The minimum atomic E-state index is -0.597. The molecule has 1 aromatic heterocycles. The van der Waals surface area contributed by atoms with Crippen LogP contribution in [-0.4, -0.2) is 4.98 Å². The van der Waals surface area contributed by atoms with Gasteiger partial charge in [0.1, 0.15) is 11.6 Å². The number of aromatic nitrogens is 1. The summed E-state index contributed by atoms with van der Waals surface area (Å²) in [5.41, 5.74) is 1.49. The Kier molecular flexibility index (Phi) is 3.16. The molecule has 0 N–H and O–H groups in total. The summed E-state index contributed by atoms with van der Waals surface area (Å²) in [5, 5.41) is 0.765. The second kappa shape index (κ2) is 4.88. The van der Waals surface area contributed by atoms with Crippen LogP contribution in [0.15, 0.2) is 36.4 Å². The highest BCUT2D eigenvalue weighted by molar-refractivity contribution is 5.88. The van der Waals surface area contributed by atoms with Gasteiger partial charge in [0.05, 0.1) is 5.69 Å². The summed E-state index contributed by atoms with van der Waals surface area (Å²) in [6.07, 6.45) is 0. The molecular weight excluding hydrogens is 275 g/mol. The molecule has 1 heterocycles. The van der Waals surface area contributed by atoms with Crippen molar-refractivity contribution in [2.75, 3.05) is 0 Å². The predicted molar refractivity (Wildman–Crippen MR) is 76.5 cm³/mol. The van der Waals surface area contributed by atoms with E-state index >= 15 is 0 Å². The van der Waals surface area contributed by atoms with Gasteiger partial charge in [0.15, 0.2) is 0 Å². The topological polar surface area (TPSA) is 12.9 Å². The lowest BCUT2D eigenvalue weighted by molar-refractivity contribution is 0.575. The molecule has 0 amide bonds. The van der Waals surface area contributed by atoms with Crippen LogP contribution < -0.4 is 0 Å². The van der Waals surface area contributed by atoms with E-state index in [0.717, 1.165) is 0 Å². The number of hydrogen-bond donors (Lipinski definition) is 0. The highest BCUT2D eigenvalue weighted by Crippen LogP contribution is 2.28. The molecule has 1 nitrogen and oxygen atoms in total. The van der Waals surface area contributed by atoms with Gasteiger partial charge in [-0.15, -0.1) is 0 Å². The fourth-order valence-corrected chi connectivity index (χ4v) is 2.26. The third kappa shape index (κ3) is 2.27. The SMILES string of the molecule is Cc1ccc(-c2ccc3c(F)c(C)c(F)cc3c2)nc1F. The first-order valence-electron chi connectivity index (χ1n) is 6.49. The van der Waals surface area contributed by atoms with Gasteiger partial charge in [0.2, 0.25) is 5.95 Å². The van der Waals surface area contributed by atoms with E-state index in [1.165, 1.54) is 13.0 Å². The summed E-state index contributed by atoms with van der Waals surface area (Å²) in [6, 6.07) is 9.41. The second-order valence-electron chi connectivity index (χ2n) is 5.04. The molecule has 0 fully saturated rings. The number of fused-ring (bicyclic) bond motifs is 1. The Balaban J connectivity index is 2.21. The molecule has 0 bridgehead atoms. The van der Waals surface area contributed by atoms with Crippen molar-refractivity contribution in [1.29, 1.82) is 0 Å². The van der Waals surface area contributed by atoms with E-state index in [1.807, 2.05) is 0 Å². The number of benzene rings is 2. The van der Waals surface area contributed by atoms with Gasteiger partial charge >= 0.3 is 0 Å². The predicted octanol–water partition coefficient (Wildman–Crippen LogP) is 4.94. The maximum Gasteiger partial charge on any atom is 0.216 e. The lowest BCUT2D eigenvalue weighted by Crippen LogP contribution is -1.93. The van der Waals surface area contributed by atoms with Gasteiger partial charge in [-0.05, 0) is 37.4 Å². The number of nitrogens with zero attached hydrogens (tertiary/aromatic N) is 1. The van der Waals surface area contributed by atoms with Crippen LogP contribution in [0.1, 0.15) is 11.1 Å². The van der Waals surface area contributed by atoms with Crippen molar-refractivity contribution in [3.05, 3.63) is 65.1 Å². The van der Waals surface area contributed by atoms with Crippen molar-refractivity contribution < 1.29 is 13.2 Å². The van der Waals surface area contributed by atoms with Gasteiger partial charge in [-0.3, -0.25) is 0 Å². The van der Waals surface area contributed by atoms with E-state index in [1.54, 1.807) is 37.3 Å². The van der Waals surface area contributed by atoms with Gasteiger partial charge in [0, 0.05) is 22.1 Å². The molecule has 3 rings (SSSR count). The molecule has 106 valence electrons. The molecule has 0 atom stereocenters. The van der Waals surface area contributed by atoms with E-state index in [0.29, 0.717) is 27.6 Å². The Bertz CT molecular complexity index is 856. The van der Waals surface area contributed by atoms with Crippen molar-refractivity contribution in [2.45, 2.75) is 13.8 Å². The molecule has 2 aromatic carbocycles. The average Bonchev–Trinajstić information content (AvgIpc) is 2.47. The van der Waals surface area contributed by atoms with Gasteiger partial charge in [0.25, 0.3) is 0 Å². The first-order chi connectivity index (χ1) is 9.97. The Morgan fingerprint density at radius 3 is 2.38 bits per heavy atom. The number of halogens is 3. The zero-order valence-electron chi connectivity index (χ0n) is 11.5. The summed E-state index contributed by atoms with van der Waals surface area (Å²) in [5.74, 6) is -1.71. The molecule has 4 heteroatoms. The van der Waals surface area contributed by atoms with Crippen molar-refractivity contribution >= 4 is 10.8 Å². The second-order valence-corrected chi connectivity index (χ2v) is 5.04. The Morgan fingerprint density at radius 2 is 1.67 bits per heavy atom. The maximum absolute atomic E-state index is 14.0. The molecule has 3 aromatic rings. The number of pyridine rings is 1. The minimum Gasteiger partial charge on any atom is -0.219 e. The van der Waals surface area contributed by atoms with Crippen LogP contribution >= 0.6 is 0 Å². The Hall–Kier alpha value is -2.36. The molecule has 0 radical (unpaired) electrons. The first kappa shape index (κ1) is 13.6. The van der Waals surface area contributed by atoms with Crippen molar-refractivity contribution in [1.82, 2.24) is 4.98 Å². The molecule has 0 saturated heterocycles. The minimum absolute atomic E-state index is 0.00486. The van der Waals surface area contributed by atoms with Crippen LogP contribution in [-0.2, 0) is 0 Å². The van der Waals surface area contributed by atoms with Gasteiger partial charge in [-0.1, -0.05) is 18.2 Å². The maximum atomic E-state index is 14.0. The van der Waals surface area contributed by atoms with E-state index in [4.69, 9.17) is 0 Å². The van der Waals surface area contributed by atoms with Crippen LogP contribution in [0.3, 0.4) is 0 Å². The molecule has 0 unspecified atom stereocenters. The lowest BCUT2D eigenvalue weighted by atomic mass is 10.0. The quantitative estimate of drug-likeness (QED) is 0.578. The van der Waals surface area contributed by atoms with Crippen LogP contribution in [0, 0.1) is 31.4 Å². The normalized spacial score (nSPS) is 11.1. The van der Waals surface area contributed by atoms with Crippen molar-refractivity contribution in [2.24, 2.45) is 0 Å². The van der Waals surface area contributed by atoms with E-state index in [9.17, 15) is 13.2 Å². The monoisotopic (exact) mass is 287 g/mol. The van der Waals surface area contributed by atoms with Gasteiger partial charge in [-0.2, -0.15) is 4.39 Å². The summed E-state index contributed by atoms with van der Waals surface area (Å²) in [7, 11) is 0. The van der Waals surface area contributed by atoms with Crippen LogP contribution in [0.2, 0.25) is 0 Å². The number of rotatable bonds is 1. The number of hydrogen-bond acceptors (Lipinski definition) is 1. The van der Waals surface area contributed by atoms with Gasteiger partial charge < -0.3 is 0 Å². The van der Waals surface area contributed by atoms with Crippen LogP contribution in [0.5, 0.6) is 0 Å². The largest absolute Gasteiger partial charge is 0.219 e. The molecule has 0 aliphatic carbocycles. The molecule has 21 heavy (non-hydrogen) atoms. The highest BCUT2D eigenvalue weighted by Gasteiger charge is 2.11. The smallest absolute Gasteiger partial charge is 0.216 e. The third-order valence-corrected chi connectivity index (χ3v) is 3.59. The molecular formula is C17H12F3N. The molecule has 0 saturated carbocycles. The number of aryl methyl sites for hydroxylation is 1. The standard InChI is InChI=1S/C17H12F3N/c1-9-3-6-15(21-17(9)20)11-4-5-13-12(7-11)8-14(18)10(2)16(13)19/h3-8H,1-2H3. The summed E-state index contributed by atoms with van der Waals surface area (Å²) in [6.45, 7) is 3.02. The van der Waals surface area contributed by atoms with Crippen molar-refractivity contribution in [3.63, 3.8) is 0 Å². The lowest BCUT2D eigenvalue weighted by Gasteiger charge is -2.07. The molecule has 0 aliphatic rings. The summed E-state index contributed by atoms with van der Waals surface area (Å²) in [4.78, 5) is 3.86. The fourth-order valence-electron chi connectivity index (χ4n) is 2.26. The van der Waals surface area contributed by atoms with Crippen LogP contribution in [0.4, 0.5) is 13.2 Å². The molecule has 0 aliphatic heterocycles. The average molecular weight is 287 g/mol. The van der Waals surface area contributed by atoms with Crippen LogP contribution in [0.25, 0.3) is 22.0 Å². The zero-order chi connectivity index (χ0) is 15.1. The van der Waals surface area contributed by atoms with E-state index in [-0.39, 0.29) is 5.56 Å². The van der Waals surface area contributed by atoms with Gasteiger partial charge in [-0.25, -0.2) is 13.8 Å². The summed E-state index contributed by atoms with van der Waals surface area (Å²) >= 11 is 0. The van der Waals surface area contributed by atoms with Crippen molar-refractivity contribution in [3.8, 4) is 11.3 Å². The zero-order valence-corrected chi connectivity index (χ0v) is 11.5. The molecule has 0 spiro atoms. The third-order valence-electron chi connectivity index (χ3n) is 3.59. The van der Waals surface area contributed by atoms with E-state index < -0.39 is 17.6 Å². The highest BCUT2D eigenvalue weighted by atomic mass is 19.1. The Morgan fingerprint density at radius 1 is 0.905 bits per heavy atom. The fraction of sp³-hybridized carbons (Fsp3) is 0.118. The first-order valence-corrected chi connectivity index (χ1v) is 6.49.